The largest absolute Gasteiger partial charge is 0.416 e. The van der Waals surface area contributed by atoms with E-state index in [0.29, 0.717) is 23.5 Å². The quantitative estimate of drug-likeness (QED) is 0.767. The molecule has 1 saturated heterocycles. The number of hydrogen-bond acceptors (Lipinski definition) is 1. The molecular formula is C14H16BrF3N2O. The minimum absolute atomic E-state index is 0.132. The highest BCUT2D eigenvalue weighted by Crippen LogP contribution is 2.34. The van der Waals surface area contributed by atoms with Crippen LogP contribution in [0.2, 0.25) is 0 Å². The number of benzene rings is 1. The number of alkyl halides is 3. The summed E-state index contributed by atoms with van der Waals surface area (Å²) in [5, 5.41) is 2.55. The van der Waals surface area contributed by atoms with E-state index in [-0.39, 0.29) is 11.7 Å². The number of rotatable bonds is 1. The number of carbonyl (C=O) groups is 1. The molecule has 21 heavy (non-hydrogen) atoms. The smallest absolute Gasteiger partial charge is 0.324 e. The SMILES string of the molecule is CC1CCCN(C(=O)Nc2cc(C(F)(F)F)ccc2Br)C1. The molecular weight excluding hydrogens is 349 g/mol. The lowest BCUT2D eigenvalue weighted by molar-refractivity contribution is -0.137. The lowest BCUT2D eigenvalue weighted by Crippen LogP contribution is -2.41. The van der Waals surface area contributed by atoms with Gasteiger partial charge in [0.05, 0.1) is 11.3 Å². The van der Waals surface area contributed by atoms with Crippen LogP contribution in [0, 0.1) is 5.92 Å². The fraction of sp³-hybridized carbons (Fsp3) is 0.500. The highest BCUT2D eigenvalue weighted by atomic mass is 79.9. The summed E-state index contributed by atoms with van der Waals surface area (Å²) >= 11 is 3.16. The number of urea groups is 1. The summed E-state index contributed by atoms with van der Waals surface area (Å²) in [5.74, 6) is 0.412. The molecule has 1 heterocycles. The first-order valence-corrected chi connectivity index (χ1v) is 7.49. The average Bonchev–Trinajstić information content (AvgIpc) is 2.40. The molecule has 0 saturated carbocycles. The Balaban J connectivity index is 2.13. The number of hydrogen-bond donors (Lipinski definition) is 1. The summed E-state index contributed by atoms with van der Waals surface area (Å²) in [6.45, 7) is 3.31. The minimum atomic E-state index is -4.43. The van der Waals surface area contributed by atoms with Crippen molar-refractivity contribution in [3.8, 4) is 0 Å². The van der Waals surface area contributed by atoms with Gasteiger partial charge < -0.3 is 10.2 Å². The Kier molecular flexibility index (Phi) is 4.81. The number of carbonyl (C=O) groups excluding carboxylic acids is 1. The monoisotopic (exact) mass is 364 g/mol. The summed E-state index contributed by atoms with van der Waals surface area (Å²) in [6.07, 6.45) is -2.45. The molecule has 1 atom stereocenters. The van der Waals surface area contributed by atoms with Gasteiger partial charge in [0, 0.05) is 17.6 Å². The van der Waals surface area contributed by atoms with Crippen LogP contribution in [0.15, 0.2) is 22.7 Å². The van der Waals surface area contributed by atoms with Gasteiger partial charge in [-0.15, -0.1) is 0 Å². The second-order valence-electron chi connectivity index (χ2n) is 5.32. The third-order valence-corrected chi connectivity index (χ3v) is 4.17. The molecule has 2 amide bonds. The van der Waals surface area contributed by atoms with Crippen LogP contribution in [-0.2, 0) is 6.18 Å². The zero-order valence-corrected chi connectivity index (χ0v) is 13.1. The number of piperidine rings is 1. The number of nitrogens with zero attached hydrogens (tertiary/aromatic N) is 1. The number of amides is 2. The number of likely N-dealkylation sites (tertiary alicyclic amines) is 1. The second-order valence-corrected chi connectivity index (χ2v) is 6.17. The molecule has 7 heteroatoms. The fourth-order valence-electron chi connectivity index (χ4n) is 2.37. The molecule has 0 bridgehead atoms. The lowest BCUT2D eigenvalue weighted by Gasteiger charge is -2.31. The van der Waals surface area contributed by atoms with Crippen molar-refractivity contribution in [3.63, 3.8) is 0 Å². The maximum atomic E-state index is 12.7. The van der Waals surface area contributed by atoms with Crippen molar-refractivity contribution in [2.24, 2.45) is 5.92 Å². The third-order valence-electron chi connectivity index (χ3n) is 3.48. The molecule has 1 aromatic carbocycles. The first kappa shape index (κ1) is 16.1. The fourth-order valence-corrected chi connectivity index (χ4v) is 2.71. The van der Waals surface area contributed by atoms with Crippen molar-refractivity contribution in [2.45, 2.75) is 25.9 Å². The Morgan fingerprint density at radius 3 is 2.76 bits per heavy atom. The van der Waals surface area contributed by atoms with E-state index in [1.165, 1.54) is 6.07 Å². The van der Waals surface area contributed by atoms with Crippen molar-refractivity contribution in [3.05, 3.63) is 28.2 Å². The molecule has 1 unspecified atom stereocenters. The number of anilines is 1. The van der Waals surface area contributed by atoms with Crippen molar-refractivity contribution in [1.82, 2.24) is 4.90 Å². The molecule has 0 spiro atoms. The van der Waals surface area contributed by atoms with Gasteiger partial charge in [0.25, 0.3) is 0 Å². The molecule has 3 nitrogen and oxygen atoms in total. The maximum absolute atomic E-state index is 12.7. The molecule has 1 aliphatic rings. The Morgan fingerprint density at radius 2 is 2.14 bits per heavy atom. The van der Waals surface area contributed by atoms with Crippen LogP contribution in [0.1, 0.15) is 25.3 Å². The van der Waals surface area contributed by atoms with Gasteiger partial charge in [-0.25, -0.2) is 4.79 Å². The first-order valence-electron chi connectivity index (χ1n) is 6.70. The van der Waals surface area contributed by atoms with Crippen LogP contribution in [0.5, 0.6) is 0 Å². The number of halogens is 4. The van der Waals surface area contributed by atoms with Crippen molar-refractivity contribution in [2.75, 3.05) is 18.4 Å². The third kappa shape index (κ3) is 4.12. The summed E-state index contributed by atoms with van der Waals surface area (Å²) in [6, 6.07) is 2.84. The molecule has 1 aromatic rings. The average molecular weight is 365 g/mol. The zero-order chi connectivity index (χ0) is 15.6. The van der Waals surface area contributed by atoms with Gasteiger partial charge >= 0.3 is 12.2 Å². The van der Waals surface area contributed by atoms with Gasteiger partial charge in [0.15, 0.2) is 0 Å². The van der Waals surface area contributed by atoms with Crippen LogP contribution in [0.25, 0.3) is 0 Å². The van der Waals surface area contributed by atoms with Gasteiger partial charge in [-0.3, -0.25) is 0 Å². The van der Waals surface area contributed by atoms with Crippen molar-refractivity contribution >= 4 is 27.6 Å². The molecule has 116 valence electrons. The molecule has 0 aliphatic carbocycles. The summed E-state index contributed by atoms with van der Waals surface area (Å²) < 4.78 is 38.5. The maximum Gasteiger partial charge on any atom is 0.416 e. The Labute approximate surface area is 129 Å². The van der Waals surface area contributed by atoms with E-state index in [0.717, 1.165) is 25.0 Å². The Hall–Kier alpha value is -1.24. The Bertz CT molecular complexity index is 533. The van der Waals surface area contributed by atoms with Crippen LogP contribution in [-0.4, -0.2) is 24.0 Å². The highest BCUT2D eigenvalue weighted by Gasteiger charge is 2.31. The van der Waals surface area contributed by atoms with E-state index in [1.807, 2.05) is 0 Å². The molecule has 2 rings (SSSR count). The highest BCUT2D eigenvalue weighted by molar-refractivity contribution is 9.10. The van der Waals surface area contributed by atoms with Gasteiger partial charge in [-0.05, 0) is 52.9 Å². The normalized spacial score (nSPS) is 19.5. The van der Waals surface area contributed by atoms with Crippen molar-refractivity contribution in [1.29, 1.82) is 0 Å². The van der Waals surface area contributed by atoms with Gasteiger partial charge in [-0.1, -0.05) is 6.92 Å². The van der Waals surface area contributed by atoms with E-state index in [2.05, 4.69) is 28.2 Å². The zero-order valence-electron chi connectivity index (χ0n) is 11.5. The topological polar surface area (TPSA) is 32.3 Å². The van der Waals surface area contributed by atoms with E-state index >= 15 is 0 Å². The molecule has 0 radical (unpaired) electrons. The van der Waals surface area contributed by atoms with Crippen LogP contribution in [0.4, 0.5) is 23.7 Å². The lowest BCUT2D eigenvalue weighted by atomic mass is 10.0. The van der Waals surface area contributed by atoms with Crippen LogP contribution in [0.3, 0.4) is 0 Å². The summed E-state index contributed by atoms with van der Waals surface area (Å²) in [5.41, 5.74) is -0.652. The predicted molar refractivity (Wildman–Crippen MR) is 78.1 cm³/mol. The van der Waals surface area contributed by atoms with Gasteiger partial charge in [-0.2, -0.15) is 13.2 Å². The van der Waals surface area contributed by atoms with Crippen LogP contribution >= 0.6 is 15.9 Å². The first-order chi connectivity index (χ1) is 9.77. The predicted octanol–water partition coefficient (Wildman–Crippen LogP) is 4.73. The minimum Gasteiger partial charge on any atom is -0.324 e. The summed E-state index contributed by atoms with van der Waals surface area (Å²) in [4.78, 5) is 13.8. The van der Waals surface area contributed by atoms with Gasteiger partial charge in [0.1, 0.15) is 0 Å². The van der Waals surface area contributed by atoms with E-state index in [1.54, 1.807) is 4.90 Å². The molecule has 1 N–H and O–H groups in total. The molecule has 1 aliphatic heterocycles. The Morgan fingerprint density at radius 1 is 1.43 bits per heavy atom. The number of nitrogens with one attached hydrogen (secondary N) is 1. The van der Waals surface area contributed by atoms with Gasteiger partial charge in [0.2, 0.25) is 0 Å². The standard InChI is InChI=1S/C14H16BrF3N2O/c1-9-3-2-6-20(8-9)13(21)19-12-7-10(14(16,17)18)4-5-11(12)15/h4-5,7,9H,2-3,6,8H2,1H3,(H,19,21). The molecule has 0 aromatic heterocycles. The van der Waals surface area contributed by atoms with E-state index in [4.69, 9.17) is 0 Å². The van der Waals surface area contributed by atoms with E-state index in [9.17, 15) is 18.0 Å². The van der Waals surface area contributed by atoms with Crippen molar-refractivity contribution < 1.29 is 18.0 Å². The summed E-state index contributed by atoms with van der Waals surface area (Å²) in [7, 11) is 0. The molecule has 1 fully saturated rings. The second kappa shape index (κ2) is 6.25. The van der Waals surface area contributed by atoms with Crippen LogP contribution < -0.4 is 5.32 Å². The van der Waals surface area contributed by atoms with E-state index < -0.39 is 11.7 Å².